The first-order valence-electron chi connectivity index (χ1n) is 6.09. The second-order valence-electron chi connectivity index (χ2n) is 5.79. The van der Waals surface area contributed by atoms with Crippen LogP contribution in [-0.4, -0.2) is 29.9 Å². The first-order chi connectivity index (χ1) is 6.82. The molecule has 0 aliphatic rings. The van der Waals surface area contributed by atoms with Gasteiger partial charge in [0.1, 0.15) is 0 Å². The minimum Gasteiger partial charge on any atom is -0.303 e. The van der Waals surface area contributed by atoms with Crippen molar-refractivity contribution in [1.82, 2.24) is 4.90 Å². The SMILES string of the molecule is CCCC(C)N(C)CC(CBr)C(C)(C)C. The molecule has 1 nitrogen and oxygen atoms in total. The van der Waals surface area contributed by atoms with Crippen LogP contribution in [0.1, 0.15) is 47.5 Å². The molecule has 0 bridgehead atoms. The van der Waals surface area contributed by atoms with Crippen LogP contribution in [-0.2, 0) is 0 Å². The van der Waals surface area contributed by atoms with Crippen LogP contribution in [0, 0.1) is 11.3 Å². The van der Waals surface area contributed by atoms with Gasteiger partial charge in [-0.1, -0.05) is 50.0 Å². The zero-order valence-corrected chi connectivity index (χ0v) is 12.9. The van der Waals surface area contributed by atoms with E-state index in [4.69, 9.17) is 0 Å². The van der Waals surface area contributed by atoms with Crippen molar-refractivity contribution in [3.05, 3.63) is 0 Å². The van der Waals surface area contributed by atoms with Gasteiger partial charge in [0, 0.05) is 17.9 Å². The minimum atomic E-state index is 0.393. The lowest BCUT2D eigenvalue weighted by atomic mass is 9.81. The lowest BCUT2D eigenvalue weighted by Gasteiger charge is -2.35. The normalized spacial score (nSPS) is 16.8. The van der Waals surface area contributed by atoms with Gasteiger partial charge < -0.3 is 4.90 Å². The molecule has 2 heteroatoms. The third-order valence-corrected chi connectivity index (χ3v) is 4.16. The number of halogens is 1. The van der Waals surface area contributed by atoms with Crippen LogP contribution in [0.5, 0.6) is 0 Å². The quantitative estimate of drug-likeness (QED) is 0.659. The van der Waals surface area contributed by atoms with Crippen molar-refractivity contribution < 1.29 is 0 Å². The highest BCUT2D eigenvalue weighted by atomic mass is 79.9. The Morgan fingerprint density at radius 2 is 1.80 bits per heavy atom. The largest absolute Gasteiger partial charge is 0.303 e. The van der Waals surface area contributed by atoms with Gasteiger partial charge in [0.05, 0.1) is 0 Å². The molecule has 0 amide bonds. The van der Waals surface area contributed by atoms with E-state index >= 15 is 0 Å². The number of rotatable bonds is 6. The second-order valence-corrected chi connectivity index (χ2v) is 6.44. The summed E-state index contributed by atoms with van der Waals surface area (Å²) in [7, 11) is 2.25. The van der Waals surface area contributed by atoms with Gasteiger partial charge in [0.2, 0.25) is 0 Å². The van der Waals surface area contributed by atoms with Gasteiger partial charge in [-0.05, 0) is 31.7 Å². The van der Waals surface area contributed by atoms with Gasteiger partial charge in [0.15, 0.2) is 0 Å². The molecular weight excluding hydrogens is 250 g/mol. The van der Waals surface area contributed by atoms with E-state index in [-0.39, 0.29) is 0 Å². The molecule has 92 valence electrons. The number of hydrogen-bond donors (Lipinski definition) is 0. The van der Waals surface area contributed by atoms with Crippen LogP contribution in [0.4, 0.5) is 0 Å². The standard InChI is InChI=1S/C13H28BrN/c1-7-8-11(2)15(6)10-12(9-14)13(3,4)5/h11-12H,7-10H2,1-6H3. The molecule has 0 aliphatic heterocycles. The van der Waals surface area contributed by atoms with E-state index in [1.54, 1.807) is 0 Å². The molecule has 0 fully saturated rings. The van der Waals surface area contributed by atoms with E-state index in [1.807, 2.05) is 0 Å². The highest BCUT2D eigenvalue weighted by Crippen LogP contribution is 2.28. The fourth-order valence-corrected chi connectivity index (χ4v) is 2.90. The lowest BCUT2D eigenvalue weighted by Crippen LogP contribution is -2.38. The summed E-state index contributed by atoms with van der Waals surface area (Å²) in [6.07, 6.45) is 2.58. The van der Waals surface area contributed by atoms with Gasteiger partial charge in [-0.15, -0.1) is 0 Å². The van der Waals surface area contributed by atoms with E-state index in [1.165, 1.54) is 19.4 Å². The highest BCUT2D eigenvalue weighted by Gasteiger charge is 2.25. The van der Waals surface area contributed by atoms with Crippen LogP contribution >= 0.6 is 15.9 Å². The first-order valence-corrected chi connectivity index (χ1v) is 7.21. The highest BCUT2D eigenvalue weighted by molar-refractivity contribution is 9.09. The molecule has 0 saturated heterocycles. The average molecular weight is 278 g/mol. The molecule has 0 aromatic heterocycles. The Labute approximate surface area is 105 Å². The number of hydrogen-bond acceptors (Lipinski definition) is 1. The summed E-state index contributed by atoms with van der Waals surface area (Å²) in [6, 6.07) is 0.707. The fourth-order valence-electron chi connectivity index (χ4n) is 1.72. The van der Waals surface area contributed by atoms with Crippen LogP contribution in [0.2, 0.25) is 0 Å². The molecule has 15 heavy (non-hydrogen) atoms. The summed E-state index contributed by atoms with van der Waals surface area (Å²) in [5.74, 6) is 0.724. The third kappa shape index (κ3) is 5.91. The zero-order valence-electron chi connectivity index (χ0n) is 11.3. The summed E-state index contributed by atoms with van der Waals surface area (Å²) >= 11 is 3.64. The van der Waals surface area contributed by atoms with E-state index in [2.05, 4.69) is 62.5 Å². The van der Waals surface area contributed by atoms with Crippen molar-refractivity contribution in [3.8, 4) is 0 Å². The lowest BCUT2D eigenvalue weighted by molar-refractivity contribution is 0.153. The molecule has 0 spiro atoms. The maximum absolute atomic E-state index is 3.64. The molecule has 0 rings (SSSR count). The van der Waals surface area contributed by atoms with Crippen molar-refractivity contribution in [1.29, 1.82) is 0 Å². The molecule has 0 radical (unpaired) electrons. The summed E-state index contributed by atoms with van der Waals surface area (Å²) < 4.78 is 0. The molecule has 2 unspecified atom stereocenters. The van der Waals surface area contributed by atoms with Gasteiger partial charge >= 0.3 is 0 Å². The summed E-state index contributed by atoms with van der Waals surface area (Å²) in [5.41, 5.74) is 0.393. The maximum atomic E-state index is 3.64. The van der Waals surface area contributed by atoms with Gasteiger partial charge in [-0.25, -0.2) is 0 Å². The summed E-state index contributed by atoms with van der Waals surface area (Å²) in [6.45, 7) is 12.8. The summed E-state index contributed by atoms with van der Waals surface area (Å²) in [4.78, 5) is 2.50. The van der Waals surface area contributed by atoms with Crippen LogP contribution in [0.3, 0.4) is 0 Å². The van der Waals surface area contributed by atoms with Crippen molar-refractivity contribution in [3.63, 3.8) is 0 Å². The van der Waals surface area contributed by atoms with E-state index in [9.17, 15) is 0 Å². The predicted octanol–water partition coefficient (Wildman–Crippen LogP) is 4.16. The van der Waals surface area contributed by atoms with Crippen molar-refractivity contribution in [2.45, 2.75) is 53.5 Å². The second kappa shape index (κ2) is 6.90. The van der Waals surface area contributed by atoms with Gasteiger partial charge in [0.25, 0.3) is 0 Å². The number of alkyl halides is 1. The molecule has 0 aromatic carbocycles. The molecule has 0 aromatic rings. The van der Waals surface area contributed by atoms with Gasteiger partial charge in [-0.2, -0.15) is 0 Å². The van der Waals surface area contributed by atoms with Crippen molar-refractivity contribution in [2.75, 3.05) is 18.9 Å². The monoisotopic (exact) mass is 277 g/mol. The average Bonchev–Trinajstić information content (AvgIpc) is 2.12. The first kappa shape index (κ1) is 15.4. The Bertz CT molecular complexity index is 162. The smallest absolute Gasteiger partial charge is 0.00768 e. The van der Waals surface area contributed by atoms with E-state index in [0.717, 1.165) is 11.2 Å². The molecule has 2 atom stereocenters. The van der Waals surface area contributed by atoms with Crippen molar-refractivity contribution in [2.24, 2.45) is 11.3 Å². The molecule has 0 saturated carbocycles. The Morgan fingerprint density at radius 3 is 2.13 bits per heavy atom. The van der Waals surface area contributed by atoms with Crippen molar-refractivity contribution >= 4 is 15.9 Å². The molecule has 0 aliphatic carbocycles. The zero-order chi connectivity index (χ0) is 12.1. The van der Waals surface area contributed by atoms with E-state index in [0.29, 0.717) is 11.5 Å². The Morgan fingerprint density at radius 1 is 1.27 bits per heavy atom. The molecule has 0 heterocycles. The van der Waals surface area contributed by atoms with Crippen LogP contribution in [0.15, 0.2) is 0 Å². The molecular formula is C13H28BrN. The topological polar surface area (TPSA) is 3.24 Å². The summed E-state index contributed by atoms with van der Waals surface area (Å²) in [5, 5.41) is 1.10. The number of nitrogens with zero attached hydrogens (tertiary/aromatic N) is 1. The Balaban J connectivity index is 4.18. The Kier molecular flexibility index (Phi) is 7.10. The van der Waals surface area contributed by atoms with E-state index < -0.39 is 0 Å². The maximum Gasteiger partial charge on any atom is 0.00768 e. The minimum absolute atomic E-state index is 0.393. The van der Waals surface area contributed by atoms with Crippen LogP contribution in [0.25, 0.3) is 0 Å². The van der Waals surface area contributed by atoms with Gasteiger partial charge in [-0.3, -0.25) is 0 Å². The van der Waals surface area contributed by atoms with Crippen LogP contribution < -0.4 is 0 Å². The predicted molar refractivity (Wildman–Crippen MR) is 73.7 cm³/mol. The fraction of sp³-hybridized carbons (Fsp3) is 1.00. The Hall–Kier alpha value is 0.440. The third-order valence-electron chi connectivity index (χ3n) is 3.38. The molecule has 0 N–H and O–H groups in total.